The number of hydrogen-bond donors (Lipinski definition) is 2. The second-order valence-electron chi connectivity index (χ2n) is 4.23. The molecule has 3 N–H and O–H groups in total. The van der Waals surface area contributed by atoms with E-state index < -0.39 is 0 Å². The number of anilines is 2. The van der Waals surface area contributed by atoms with E-state index in [1.165, 1.54) is 0 Å². The number of aromatic nitrogens is 3. The maximum Gasteiger partial charge on any atom is 0.295 e. The third kappa shape index (κ3) is 2.32. The molecule has 0 atom stereocenters. The molecule has 18 heavy (non-hydrogen) atoms. The molecule has 0 aliphatic heterocycles. The molecule has 2 aromatic rings. The van der Waals surface area contributed by atoms with Crippen LogP contribution >= 0.6 is 0 Å². The second-order valence-corrected chi connectivity index (χ2v) is 4.23. The molecule has 1 heterocycles. The average molecular weight is 245 g/mol. The molecule has 0 spiro atoms. The Labute approximate surface area is 104 Å². The van der Waals surface area contributed by atoms with Crippen molar-refractivity contribution in [2.45, 2.75) is 19.8 Å². The summed E-state index contributed by atoms with van der Waals surface area (Å²) in [5.74, 6) is 5.92. The van der Waals surface area contributed by atoms with Crippen LogP contribution in [0.1, 0.15) is 25.5 Å². The van der Waals surface area contributed by atoms with Crippen molar-refractivity contribution in [2.75, 3.05) is 11.2 Å². The molecule has 0 amide bonds. The summed E-state index contributed by atoms with van der Waals surface area (Å²) in [6, 6.07) is 9.34. The van der Waals surface area contributed by atoms with Gasteiger partial charge in [0.25, 0.3) is 5.56 Å². The average Bonchev–Trinajstić information content (AvgIpc) is 2.36. The molecule has 6 nitrogen and oxygen atoms in total. The third-order valence-electron chi connectivity index (χ3n) is 2.50. The van der Waals surface area contributed by atoms with E-state index in [4.69, 9.17) is 5.84 Å². The minimum absolute atomic E-state index is 0.00873. The smallest absolute Gasteiger partial charge is 0.295 e. The summed E-state index contributed by atoms with van der Waals surface area (Å²) in [5, 5.41) is 10.8. The van der Waals surface area contributed by atoms with Gasteiger partial charge in [0.05, 0.1) is 0 Å². The molecule has 1 aromatic heterocycles. The van der Waals surface area contributed by atoms with Gasteiger partial charge in [0, 0.05) is 11.6 Å². The van der Waals surface area contributed by atoms with Crippen molar-refractivity contribution in [3.63, 3.8) is 0 Å². The number of nitrogen functional groups attached to an aromatic ring is 1. The third-order valence-corrected chi connectivity index (χ3v) is 2.50. The lowest BCUT2D eigenvalue weighted by Gasteiger charge is -2.10. The molecule has 0 aliphatic carbocycles. The molecule has 0 aliphatic rings. The van der Waals surface area contributed by atoms with E-state index in [0.717, 1.165) is 10.4 Å². The fraction of sp³-hybridized carbons (Fsp3) is 0.250. The quantitative estimate of drug-likeness (QED) is 0.794. The van der Waals surface area contributed by atoms with Gasteiger partial charge < -0.3 is 11.2 Å². The van der Waals surface area contributed by atoms with Gasteiger partial charge in [0.15, 0.2) is 0 Å². The highest BCUT2D eigenvalue weighted by Crippen LogP contribution is 2.11. The summed E-state index contributed by atoms with van der Waals surface area (Å²) < 4.78 is 0.981. The van der Waals surface area contributed by atoms with Crippen LogP contribution in [0, 0.1) is 0 Å². The van der Waals surface area contributed by atoms with Crippen LogP contribution in [-0.4, -0.2) is 14.9 Å². The Hall–Kier alpha value is -2.37. The van der Waals surface area contributed by atoms with Crippen LogP contribution in [0.3, 0.4) is 0 Å². The molecule has 2 rings (SSSR count). The molecule has 94 valence electrons. The van der Waals surface area contributed by atoms with Gasteiger partial charge in [0.2, 0.25) is 5.95 Å². The standard InChI is InChI=1S/C12H15N5O/c1-8(2)10-11(18)17(13)12(16-15-10)14-9-6-4-3-5-7-9/h3-8H,13H2,1-2H3,(H,14,16). The Morgan fingerprint density at radius 1 is 1.22 bits per heavy atom. The van der Waals surface area contributed by atoms with Crippen molar-refractivity contribution < 1.29 is 0 Å². The summed E-state index contributed by atoms with van der Waals surface area (Å²) in [5.41, 5.74) is 0.817. The van der Waals surface area contributed by atoms with Crippen LogP contribution in [0.4, 0.5) is 11.6 Å². The van der Waals surface area contributed by atoms with E-state index >= 15 is 0 Å². The Bertz CT molecular complexity index is 591. The van der Waals surface area contributed by atoms with E-state index in [1.54, 1.807) is 0 Å². The fourth-order valence-corrected chi connectivity index (χ4v) is 1.51. The first-order chi connectivity index (χ1) is 8.59. The summed E-state index contributed by atoms with van der Waals surface area (Å²) in [6.07, 6.45) is 0. The van der Waals surface area contributed by atoms with E-state index in [-0.39, 0.29) is 17.4 Å². The monoisotopic (exact) mass is 245 g/mol. The van der Waals surface area contributed by atoms with Gasteiger partial charge in [-0.2, -0.15) is 4.68 Å². The number of rotatable bonds is 3. The number of nitrogens with zero attached hydrogens (tertiary/aromatic N) is 3. The van der Waals surface area contributed by atoms with Gasteiger partial charge in [0.1, 0.15) is 5.69 Å². The Morgan fingerprint density at radius 2 is 1.89 bits per heavy atom. The van der Waals surface area contributed by atoms with Crippen LogP contribution in [0.15, 0.2) is 35.1 Å². The lowest BCUT2D eigenvalue weighted by atomic mass is 10.1. The number of hydrogen-bond acceptors (Lipinski definition) is 5. The van der Waals surface area contributed by atoms with Crippen molar-refractivity contribution >= 4 is 11.6 Å². The van der Waals surface area contributed by atoms with Crippen molar-refractivity contribution in [1.29, 1.82) is 0 Å². The highest BCUT2D eigenvalue weighted by Gasteiger charge is 2.12. The number of para-hydroxylation sites is 1. The zero-order valence-corrected chi connectivity index (χ0v) is 10.3. The Balaban J connectivity index is 2.37. The van der Waals surface area contributed by atoms with Crippen LogP contribution in [-0.2, 0) is 0 Å². The van der Waals surface area contributed by atoms with Crippen molar-refractivity contribution in [2.24, 2.45) is 0 Å². The lowest BCUT2D eigenvalue weighted by Crippen LogP contribution is -2.34. The van der Waals surface area contributed by atoms with Gasteiger partial charge in [-0.1, -0.05) is 32.0 Å². The van der Waals surface area contributed by atoms with Gasteiger partial charge in [-0.05, 0) is 12.1 Å². The predicted octanol–water partition coefficient (Wildman–Crippen LogP) is 1.22. The first kappa shape index (κ1) is 12.1. The second kappa shape index (κ2) is 4.87. The SMILES string of the molecule is CC(C)c1nnc(Nc2ccccc2)n(N)c1=O. The maximum absolute atomic E-state index is 11.9. The fourth-order valence-electron chi connectivity index (χ4n) is 1.51. The van der Waals surface area contributed by atoms with Gasteiger partial charge in [-0.25, -0.2) is 0 Å². The minimum atomic E-state index is -0.335. The van der Waals surface area contributed by atoms with Crippen LogP contribution in [0.2, 0.25) is 0 Å². The summed E-state index contributed by atoms with van der Waals surface area (Å²) in [4.78, 5) is 11.9. The highest BCUT2D eigenvalue weighted by atomic mass is 16.1. The van der Waals surface area contributed by atoms with Crippen molar-refractivity contribution in [3.8, 4) is 0 Å². The Morgan fingerprint density at radius 3 is 2.50 bits per heavy atom. The summed E-state index contributed by atoms with van der Waals surface area (Å²) in [7, 11) is 0. The molecule has 0 fully saturated rings. The first-order valence-electron chi connectivity index (χ1n) is 5.66. The van der Waals surface area contributed by atoms with E-state index in [0.29, 0.717) is 5.69 Å². The number of nitrogens with one attached hydrogen (secondary N) is 1. The lowest BCUT2D eigenvalue weighted by molar-refractivity contribution is 0.716. The molecule has 0 unspecified atom stereocenters. The van der Waals surface area contributed by atoms with Crippen LogP contribution in [0.25, 0.3) is 0 Å². The topological polar surface area (TPSA) is 85.8 Å². The number of benzene rings is 1. The van der Waals surface area contributed by atoms with Crippen LogP contribution in [0.5, 0.6) is 0 Å². The summed E-state index contributed by atoms with van der Waals surface area (Å²) in [6.45, 7) is 3.74. The molecule has 0 saturated carbocycles. The molecule has 0 bridgehead atoms. The summed E-state index contributed by atoms with van der Waals surface area (Å²) >= 11 is 0. The molecular formula is C12H15N5O. The minimum Gasteiger partial charge on any atom is -0.333 e. The van der Waals surface area contributed by atoms with E-state index in [9.17, 15) is 4.79 Å². The van der Waals surface area contributed by atoms with Crippen LogP contribution < -0.4 is 16.7 Å². The molecule has 0 saturated heterocycles. The molecular weight excluding hydrogens is 230 g/mol. The van der Waals surface area contributed by atoms with Crippen molar-refractivity contribution in [1.82, 2.24) is 14.9 Å². The predicted molar refractivity (Wildman–Crippen MR) is 70.3 cm³/mol. The largest absolute Gasteiger partial charge is 0.333 e. The highest BCUT2D eigenvalue weighted by molar-refractivity contribution is 5.52. The molecule has 1 aromatic carbocycles. The normalized spacial score (nSPS) is 10.6. The Kier molecular flexibility index (Phi) is 3.27. The zero-order chi connectivity index (χ0) is 13.1. The van der Waals surface area contributed by atoms with Crippen molar-refractivity contribution in [3.05, 3.63) is 46.4 Å². The van der Waals surface area contributed by atoms with E-state index in [1.807, 2.05) is 44.2 Å². The first-order valence-corrected chi connectivity index (χ1v) is 5.66. The number of nitrogens with two attached hydrogens (primary N) is 1. The van der Waals surface area contributed by atoms with Gasteiger partial charge >= 0.3 is 0 Å². The molecule has 0 radical (unpaired) electrons. The van der Waals surface area contributed by atoms with Gasteiger partial charge in [-0.15, -0.1) is 10.2 Å². The maximum atomic E-state index is 11.9. The van der Waals surface area contributed by atoms with E-state index in [2.05, 4.69) is 15.5 Å². The van der Waals surface area contributed by atoms with Gasteiger partial charge in [-0.3, -0.25) is 4.79 Å². The zero-order valence-electron chi connectivity index (χ0n) is 10.3. The molecule has 6 heteroatoms.